The topological polar surface area (TPSA) is 95.5 Å². The first-order valence-corrected chi connectivity index (χ1v) is 8.82. The fourth-order valence-corrected chi connectivity index (χ4v) is 2.78. The summed E-state index contributed by atoms with van der Waals surface area (Å²) in [6.45, 7) is 2.73. The summed E-state index contributed by atoms with van der Waals surface area (Å²) < 4.78 is 24.7. The van der Waals surface area contributed by atoms with Crippen LogP contribution in [0.5, 0.6) is 0 Å². The number of benzene rings is 2. The van der Waals surface area contributed by atoms with Gasteiger partial charge in [-0.25, -0.2) is 13.2 Å². The van der Waals surface area contributed by atoms with E-state index < -0.39 is 16.9 Å². The van der Waals surface area contributed by atoms with Crippen LogP contribution in [0, 0.1) is 0 Å². The van der Waals surface area contributed by atoms with E-state index in [4.69, 9.17) is 0 Å². The van der Waals surface area contributed by atoms with Gasteiger partial charge >= 0.3 is 5.97 Å². The quantitative estimate of drug-likeness (QED) is 0.434. The Balaban J connectivity index is 2.62. The predicted octanol–water partition coefficient (Wildman–Crippen LogP) is 3.20. The van der Waals surface area contributed by atoms with E-state index in [1.807, 2.05) is 30.3 Å². The first-order chi connectivity index (χ1) is 11.5. The Bertz CT molecular complexity index is 781. The van der Waals surface area contributed by atoms with Crippen molar-refractivity contribution in [2.45, 2.75) is 19.8 Å². The van der Waals surface area contributed by atoms with E-state index in [1.54, 1.807) is 0 Å². The monoisotopic (exact) mass is 348 g/mol. The van der Waals surface area contributed by atoms with E-state index in [2.05, 4.69) is 17.0 Å². The highest BCUT2D eigenvalue weighted by Gasteiger charge is 2.16. The summed E-state index contributed by atoms with van der Waals surface area (Å²) in [5.74, 6) is -1.11. The maximum Gasteiger partial charge on any atom is 0.335 e. The van der Waals surface area contributed by atoms with Crippen molar-refractivity contribution < 1.29 is 18.3 Å². The Morgan fingerprint density at radius 2 is 1.79 bits per heavy atom. The van der Waals surface area contributed by atoms with Gasteiger partial charge in [0.15, 0.2) is 0 Å². The minimum atomic E-state index is -2.91. The average molecular weight is 348 g/mol. The van der Waals surface area contributed by atoms with Gasteiger partial charge in [-0.1, -0.05) is 43.7 Å². The van der Waals surface area contributed by atoms with Crippen LogP contribution in [-0.4, -0.2) is 26.0 Å². The highest BCUT2D eigenvalue weighted by Crippen LogP contribution is 2.36. The van der Waals surface area contributed by atoms with Crippen LogP contribution in [0.2, 0.25) is 0 Å². The van der Waals surface area contributed by atoms with Gasteiger partial charge in [-0.05, 0) is 24.1 Å². The molecule has 128 valence electrons. The molecule has 7 heteroatoms. The molecule has 0 amide bonds. The van der Waals surface area contributed by atoms with Crippen molar-refractivity contribution in [3.05, 3.63) is 48.0 Å². The fraction of sp³-hybridized carbons (Fsp3) is 0.235. The summed E-state index contributed by atoms with van der Waals surface area (Å²) in [4.78, 5) is 11.4. The third-order valence-corrected chi connectivity index (χ3v) is 3.93. The van der Waals surface area contributed by atoms with E-state index in [0.29, 0.717) is 17.8 Å². The molecule has 6 nitrogen and oxygen atoms in total. The molecule has 0 saturated carbocycles. The van der Waals surface area contributed by atoms with Crippen LogP contribution < -0.4 is 10.0 Å². The number of carboxylic acid groups (broad SMARTS) is 1. The molecule has 0 aliphatic rings. The lowest BCUT2D eigenvalue weighted by Gasteiger charge is -2.17. The summed E-state index contributed by atoms with van der Waals surface area (Å²) in [7, 11) is -2.91. The molecule has 0 aliphatic heterocycles. The number of carboxylic acids is 1. The Morgan fingerprint density at radius 1 is 1.12 bits per heavy atom. The number of carbonyl (C=O) groups is 1. The predicted molar refractivity (Wildman–Crippen MR) is 96.2 cm³/mol. The van der Waals surface area contributed by atoms with Gasteiger partial charge in [-0.3, -0.25) is 4.72 Å². The molecule has 2 aromatic rings. The molecule has 0 unspecified atom stereocenters. The number of thiol groups is 1. The minimum absolute atomic E-state index is 0.0213. The molecule has 2 rings (SSSR count). The first-order valence-electron chi connectivity index (χ1n) is 7.64. The molecule has 0 spiro atoms. The van der Waals surface area contributed by atoms with Gasteiger partial charge in [0.05, 0.1) is 11.3 Å². The zero-order valence-corrected chi connectivity index (χ0v) is 14.2. The first kappa shape index (κ1) is 17.8. The number of aromatic carboxylic acids is 1. The van der Waals surface area contributed by atoms with Crippen LogP contribution in [0.25, 0.3) is 11.1 Å². The third kappa shape index (κ3) is 4.48. The van der Waals surface area contributed by atoms with Gasteiger partial charge in [0, 0.05) is 17.8 Å². The summed E-state index contributed by atoms with van der Waals surface area (Å²) in [6.07, 6.45) is 1.91. The lowest BCUT2D eigenvalue weighted by Crippen LogP contribution is -2.08. The highest BCUT2D eigenvalue weighted by atomic mass is 32.2. The minimum Gasteiger partial charge on any atom is -0.478 e. The standard InChI is InChI=1S/C17H20N2O4S/c1-2-3-9-18-14-10-13(17(20)21)11-15(19-24(22)23)16(14)12-7-5-4-6-8-12/h4-8,10-11,18,24H,2-3,9H2,1H3,(H,20,21)(H,19,22,23). The van der Waals surface area contributed by atoms with Crippen molar-refractivity contribution in [3.63, 3.8) is 0 Å². The maximum absolute atomic E-state index is 11.4. The van der Waals surface area contributed by atoms with E-state index >= 15 is 0 Å². The van der Waals surface area contributed by atoms with Crippen LogP contribution in [-0.2, 0) is 10.9 Å². The van der Waals surface area contributed by atoms with Gasteiger partial charge in [0.25, 0.3) is 0 Å². The van der Waals surface area contributed by atoms with Gasteiger partial charge in [0.1, 0.15) is 0 Å². The molecule has 0 saturated heterocycles. The summed E-state index contributed by atoms with van der Waals surface area (Å²) >= 11 is 0. The normalized spacial score (nSPS) is 10.6. The van der Waals surface area contributed by atoms with Crippen molar-refractivity contribution in [2.24, 2.45) is 0 Å². The number of unbranched alkanes of at least 4 members (excludes halogenated alkanes) is 1. The molecule has 0 radical (unpaired) electrons. The van der Waals surface area contributed by atoms with Gasteiger partial charge in [-0.15, -0.1) is 0 Å². The van der Waals surface area contributed by atoms with Gasteiger partial charge in [-0.2, -0.15) is 0 Å². The second kappa shape index (κ2) is 8.35. The third-order valence-electron chi connectivity index (χ3n) is 3.51. The fourth-order valence-electron chi connectivity index (χ4n) is 2.41. The second-order valence-electron chi connectivity index (χ2n) is 5.27. The van der Waals surface area contributed by atoms with Crippen molar-refractivity contribution >= 4 is 28.2 Å². The average Bonchev–Trinajstić information content (AvgIpc) is 2.55. The zero-order chi connectivity index (χ0) is 17.5. The molecular weight excluding hydrogens is 328 g/mol. The van der Waals surface area contributed by atoms with Crippen molar-refractivity contribution in [1.29, 1.82) is 0 Å². The zero-order valence-electron chi connectivity index (χ0n) is 13.3. The molecule has 0 atom stereocenters. The van der Waals surface area contributed by atoms with Crippen LogP contribution in [0.4, 0.5) is 11.4 Å². The Hall–Kier alpha value is -2.54. The number of anilines is 2. The lowest BCUT2D eigenvalue weighted by molar-refractivity contribution is 0.0697. The van der Waals surface area contributed by atoms with Crippen LogP contribution in [0.3, 0.4) is 0 Å². The lowest BCUT2D eigenvalue weighted by atomic mass is 9.99. The molecule has 3 N–H and O–H groups in total. The summed E-state index contributed by atoms with van der Waals surface area (Å²) in [5.41, 5.74) is 2.29. The van der Waals surface area contributed by atoms with Gasteiger partial charge in [0.2, 0.25) is 10.9 Å². The molecular formula is C17H20N2O4S. The largest absolute Gasteiger partial charge is 0.478 e. The number of rotatable bonds is 8. The molecule has 0 fully saturated rings. The Kier molecular flexibility index (Phi) is 6.20. The van der Waals surface area contributed by atoms with Crippen molar-refractivity contribution in [1.82, 2.24) is 0 Å². The van der Waals surface area contributed by atoms with Gasteiger partial charge < -0.3 is 10.4 Å². The molecule has 2 aromatic carbocycles. The Labute approximate surface area is 142 Å². The summed E-state index contributed by atoms with van der Waals surface area (Å²) in [6, 6.07) is 12.1. The molecule has 0 bridgehead atoms. The van der Waals surface area contributed by atoms with Crippen LogP contribution in [0.1, 0.15) is 30.1 Å². The molecule has 24 heavy (non-hydrogen) atoms. The second-order valence-corrected chi connectivity index (χ2v) is 6.00. The smallest absolute Gasteiger partial charge is 0.335 e. The molecule has 0 heterocycles. The van der Waals surface area contributed by atoms with Crippen LogP contribution >= 0.6 is 0 Å². The molecule has 0 aliphatic carbocycles. The number of hydrogen-bond donors (Lipinski definition) is 4. The number of hydrogen-bond acceptors (Lipinski definition) is 4. The maximum atomic E-state index is 11.4. The van der Waals surface area contributed by atoms with Crippen LogP contribution in [0.15, 0.2) is 42.5 Å². The van der Waals surface area contributed by atoms with E-state index in [1.165, 1.54) is 12.1 Å². The molecule has 0 aromatic heterocycles. The highest BCUT2D eigenvalue weighted by molar-refractivity contribution is 7.73. The van der Waals surface area contributed by atoms with E-state index in [0.717, 1.165) is 18.4 Å². The van der Waals surface area contributed by atoms with Crippen molar-refractivity contribution in [2.75, 3.05) is 16.6 Å². The Morgan fingerprint density at radius 3 is 2.38 bits per heavy atom. The van der Waals surface area contributed by atoms with E-state index in [-0.39, 0.29) is 11.3 Å². The van der Waals surface area contributed by atoms with E-state index in [9.17, 15) is 18.3 Å². The van der Waals surface area contributed by atoms with Crippen molar-refractivity contribution in [3.8, 4) is 11.1 Å². The summed E-state index contributed by atoms with van der Waals surface area (Å²) in [5, 5.41) is 12.5. The SMILES string of the molecule is CCCCNc1cc(C(=O)O)cc(N[SH](=O)=O)c1-c1ccccc1. The number of nitrogens with one attached hydrogen (secondary N) is 2.